The van der Waals surface area contributed by atoms with Crippen LogP contribution in [0.15, 0.2) is 18.3 Å². The average molecular weight is 264 g/mol. The summed E-state index contributed by atoms with van der Waals surface area (Å²) in [4.78, 5) is 4.17. The van der Waals surface area contributed by atoms with Crippen molar-refractivity contribution < 1.29 is 9.84 Å². The molecule has 1 heterocycles. The second-order valence-corrected chi connectivity index (χ2v) is 5.80. The van der Waals surface area contributed by atoms with Crippen LogP contribution in [0, 0.1) is 11.3 Å². The maximum Gasteiger partial charge on any atom is 0.212 e. The van der Waals surface area contributed by atoms with Gasteiger partial charge in [0.1, 0.15) is 0 Å². The maximum absolute atomic E-state index is 10.7. The topological polar surface area (TPSA) is 68.4 Å². The molecule has 2 rings (SSSR count). The van der Waals surface area contributed by atoms with Crippen LogP contribution in [0.2, 0.25) is 0 Å². The molecule has 0 spiro atoms. The molecule has 0 saturated heterocycles. The zero-order valence-corrected chi connectivity index (χ0v) is 11.8. The van der Waals surface area contributed by atoms with Crippen molar-refractivity contribution in [3.05, 3.63) is 23.9 Å². The first kappa shape index (κ1) is 14.3. The summed E-state index contributed by atoms with van der Waals surface area (Å²) in [5, 5.41) is 10.7. The molecule has 1 aromatic heterocycles. The first-order valence-electron chi connectivity index (χ1n) is 6.99. The summed E-state index contributed by atoms with van der Waals surface area (Å²) in [6.45, 7) is 2.76. The number of hydrogen-bond acceptors (Lipinski definition) is 4. The molecule has 1 aliphatic rings. The Labute approximate surface area is 115 Å². The number of methoxy groups -OCH3 is 1. The number of pyridine rings is 1. The minimum Gasteiger partial charge on any atom is -0.481 e. The first-order valence-corrected chi connectivity index (χ1v) is 6.99. The molecule has 0 amide bonds. The van der Waals surface area contributed by atoms with E-state index in [-0.39, 0.29) is 5.41 Å². The third kappa shape index (κ3) is 2.90. The minimum atomic E-state index is -0.543. The van der Waals surface area contributed by atoms with Gasteiger partial charge in [-0.2, -0.15) is 0 Å². The Morgan fingerprint density at radius 3 is 2.89 bits per heavy atom. The van der Waals surface area contributed by atoms with E-state index >= 15 is 0 Å². The van der Waals surface area contributed by atoms with Crippen LogP contribution in [-0.2, 0) is 0 Å². The number of rotatable bonds is 4. The number of aromatic nitrogens is 1. The Kier molecular flexibility index (Phi) is 4.42. The largest absolute Gasteiger partial charge is 0.481 e. The molecule has 1 fully saturated rings. The van der Waals surface area contributed by atoms with E-state index in [9.17, 15) is 5.11 Å². The molecule has 3 N–H and O–H groups in total. The quantitative estimate of drug-likeness (QED) is 0.875. The van der Waals surface area contributed by atoms with Gasteiger partial charge in [0.15, 0.2) is 0 Å². The van der Waals surface area contributed by atoms with Gasteiger partial charge in [0.25, 0.3) is 0 Å². The summed E-state index contributed by atoms with van der Waals surface area (Å²) in [7, 11) is 1.59. The van der Waals surface area contributed by atoms with Crippen LogP contribution in [0.1, 0.15) is 44.3 Å². The van der Waals surface area contributed by atoms with E-state index in [2.05, 4.69) is 11.9 Å². The SMILES string of the molecule is COc1ccc(C(O)C2(CN)CCCC(C)C2)cn1. The van der Waals surface area contributed by atoms with E-state index in [0.717, 1.165) is 24.8 Å². The highest BCUT2D eigenvalue weighted by atomic mass is 16.5. The Hall–Kier alpha value is -1.13. The van der Waals surface area contributed by atoms with E-state index in [4.69, 9.17) is 10.5 Å². The molecule has 1 saturated carbocycles. The van der Waals surface area contributed by atoms with Crippen LogP contribution in [0.25, 0.3) is 0 Å². The Balaban J connectivity index is 2.21. The van der Waals surface area contributed by atoms with Gasteiger partial charge < -0.3 is 15.6 Å². The van der Waals surface area contributed by atoms with Crippen LogP contribution in [0.3, 0.4) is 0 Å². The Morgan fingerprint density at radius 1 is 1.58 bits per heavy atom. The third-order valence-electron chi connectivity index (χ3n) is 4.40. The first-order chi connectivity index (χ1) is 9.11. The smallest absolute Gasteiger partial charge is 0.212 e. The van der Waals surface area contributed by atoms with Crippen LogP contribution in [0.4, 0.5) is 0 Å². The highest BCUT2D eigenvalue weighted by Crippen LogP contribution is 2.47. The summed E-state index contributed by atoms with van der Waals surface area (Å²) >= 11 is 0. The molecule has 0 aliphatic heterocycles. The maximum atomic E-state index is 10.7. The van der Waals surface area contributed by atoms with E-state index in [0.29, 0.717) is 18.3 Å². The van der Waals surface area contributed by atoms with Crippen molar-refractivity contribution in [1.29, 1.82) is 0 Å². The number of ether oxygens (including phenoxy) is 1. The van der Waals surface area contributed by atoms with Gasteiger partial charge in [-0.1, -0.05) is 19.8 Å². The summed E-state index contributed by atoms with van der Waals surface area (Å²) in [6.07, 6.45) is 5.49. The van der Waals surface area contributed by atoms with Crippen LogP contribution in [-0.4, -0.2) is 23.7 Å². The van der Waals surface area contributed by atoms with Crippen molar-refractivity contribution >= 4 is 0 Å². The van der Waals surface area contributed by atoms with Crippen molar-refractivity contribution in [2.45, 2.75) is 38.7 Å². The van der Waals surface area contributed by atoms with E-state index in [1.54, 1.807) is 19.4 Å². The molecule has 1 aromatic rings. The monoisotopic (exact) mass is 264 g/mol. The van der Waals surface area contributed by atoms with Gasteiger partial charge in [-0.3, -0.25) is 0 Å². The fourth-order valence-corrected chi connectivity index (χ4v) is 3.27. The molecular weight excluding hydrogens is 240 g/mol. The molecule has 0 aromatic carbocycles. The van der Waals surface area contributed by atoms with Gasteiger partial charge in [0, 0.05) is 24.2 Å². The lowest BCUT2D eigenvalue weighted by atomic mass is 9.65. The number of aliphatic hydroxyl groups excluding tert-OH is 1. The van der Waals surface area contributed by atoms with E-state index < -0.39 is 6.10 Å². The zero-order chi connectivity index (χ0) is 13.9. The number of nitrogens with zero attached hydrogens (tertiary/aromatic N) is 1. The van der Waals surface area contributed by atoms with Crippen LogP contribution >= 0.6 is 0 Å². The highest BCUT2D eigenvalue weighted by molar-refractivity contribution is 5.22. The van der Waals surface area contributed by atoms with Crippen LogP contribution < -0.4 is 10.5 Å². The summed E-state index contributed by atoms with van der Waals surface area (Å²) in [6, 6.07) is 3.67. The molecule has 19 heavy (non-hydrogen) atoms. The summed E-state index contributed by atoms with van der Waals surface area (Å²) in [5.41, 5.74) is 6.62. The molecule has 0 radical (unpaired) electrons. The third-order valence-corrected chi connectivity index (χ3v) is 4.40. The molecular formula is C15H24N2O2. The van der Waals surface area contributed by atoms with Crippen molar-refractivity contribution in [2.24, 2.45) is 17.1 Å². The average Bonchev–Trinajstić information content (AvgIpc) is 2.46. The van der Waals surface area contributed by atoms with Crippen molar-refractivity contribution in [3.8, 4) is 5.88 Å². The molecule has 3 atom stereocenters. The van der Waals surface area contributed by atoms with Crippen molar-refractivity contribution in [2.75, 3.05) is 13.7 Å². The standard InChI is InChI=1S/C15H24N2O2/c1-11-4-3-7-15(8-11,10-16)14(18)12-5-6-13(19-2)17-9-12/h5-6,9,11,14,18H,3-4,7-8,10,16H2,1-2H3. The van der Waals surface area contributed by atoms with E-state index in [1.165, 1.54) is 6.42 Å². The van der Waals surface area contributed by atoms with Gasteiger partial charge in [0.2, 0.25) is 5.88 Å². The molecule has 3 unspecified atom stereocenters. The lowest BCUT2D eigenvalue weighted by Crippen LogP contribution is -2.40. The van der Waals surface area contributed by atoms with Gasteiger partial charge in [0.05, 0.1) is 13.2 Å². The van der Waals surface area contributed by atoms with Crippen molar-refractivity contribution in [1.82, 2.24) is 4.98 Å². The number of hydrogen-bond donors (Lipinski definition) is 2. The molecule has 4 heteroatoms. The van der Waals surface area contributed by atoms with Gasteiger partial charge in [-0.05, 0) is 30.4 Å². The van der Waals surface area contributed by atoms with Crippen LogP contribution in [0.5, 0.6) is 5.88 Å². The highest BCUT2D eigenvalue weighted by Gasteiger charge is 2.40. The second-order valence-electron chi connectivity index (χ2n) is 5.80. The fraction of sp³-hybridized carbons (Fsp3) is 0.667. The number of aliphatic hydroxyl groups is 1. The predicted molar refractivity (Wildman–Crippen MR) is 74.9 cm³/mol. The fourth-order valence-electron chi connectivity index (χ4n) is 3.27. The zero-order valence-electron chi connectivity index (χ0n) is 11.8. The summed E-state index contributed by atoms with van der Waals surface area (Å²) < 4.78 is 5.05. The second kappa shape index (κ2) is 5.88. The molecule has 1 aliphatic carbocycles. The van der Waals surface area contributed by atoms with Gasteiger partial charge in [-0.25, -0.2) is 4.98 Å². The normalized spacial score (nSPS) is 28.9. The predicted octanol–water partition coefficient (Wildman–Crippen LogP) is 2.28. The minimum absolute atomic E-state index is 0.200. The van der Waals surface area contributed by atoms with Crippen molar-refractivity contribution in [3.63, 3.8) is 0 Å². The summed E-state index contributed by atoms with van der Waals surface area (Å²) in [5.74, 6) is 1.19. The number of nitrogens with two attached hydrogens (primary N) is 1. The van der Waals surface area contributed by atoms with Gasteiger partial charge >= 0.3 is 0 Å². The molecule has 0 bridgehead atoms. The Morgan fingerprint density at radius 2 is 2.37 bits per heavy atom. The lowest BCUT2D eigenvalue weighted by molar-refractivity contribution is -0.0133. The van der Waals surface area contributed by atoms with Gasteiger partial charge in [-0.15, -0.1) is 0 Å². The van der Waals surface area contributed by atoms with E-state index in [1.807, 2.05) is 6.07 Å². The Bertz CT molecular complexity index is 407. The molecule has 106 valence electrons. The lowest BCUT2D eigenvalue weighted by Gasteiger charge is -2.42. The molecule has 4 nitrogen and oxygen atoms in total.